The van der Waals surface area contributed by atoms with Crippen molar-refractivity contribution in [2.24, 2.45) is 0 Å². The number of nitrogens with one attached hydrogen (secondary N) is 2. The van der Waals surface area contributed by atoms with Gasteiger partial charge < -0.3 is 5.11 Å². The second kappa shape index (κ2) is 7.06. The summed E-state index contributed by atoms with van der Waals surface area (Å²) in [5.41, 5.74) is 5.40. The first-order valence-corrected chi connectivity index (χ1v) is 7.62. The van der Waals surface area contributed by atoms with E-state index >= 15 is 0 Å². The molecule has 3 aromatic rings. The first-order chi connectivity index (χ1) is 12.1. The highest BCUT2D eigenvalue weighted by Crippen LogP contribution is 2.21. The predicted octanol–water partition coefficient (Wildman–Crippen LogP) is 2.31. The number of para-hydroxylation sites is 1. The van der Waals surface area contributed by atoms with Gasteiger partial charge in [-0.2, -0.15) is 5.10 Å². The monoisotopic (exact) mass is 356 g/mol. The third-order valence-electron chi connectivity index (χ3n) is 3.39. The first-order valence-electron chi connectivity index (χ1n) is 7.24. The zero-order chi connectivity index (χ0) is 17.8. The Bertz CT molecular complexity index is 925. The highest BCUT2D eigenvalue weighted by Gasteiger charge is 2.16. The minimum absolute atomic E-state index is 0.0480. The summed E-state index contributed by atoms with van der Waals surface area (Å²) >= 11 is 5.81. The lowest BCUT2D eigenvalue weighted by atomic mass is 10.1. The van der Waals surface area contributed by atoms with Gasteiger partial charge in [0.2, 0.25) is 0 Å². The molecule has 0 spiro atoms. The van der Waals surface area contributed by atoms with Crippen molar-refractivity contribution in [3.63, 3.8) is 0 Å². The van der Waals surface area contributed by atoms with Crippen molar-refractivity contribution in [1.82, 2.24) is 20.6 Å². The second-order valence-corrected chi connectivity index (χ2v) is 5.47. The van der Waals surface area contributed by atoms with E-state index in [0.29, 0.717) is 16.3 Å². The number of aromatic hydroxyl groups is 1. The maximum absolute atomic E-state index is 12.4. The Morgan fingerprint density at radius 3 is 2.44 bits per heavy atom. The number of carbonyl (C=O) groups excluding carboxylic acids is 2. The van der Waals surface area contributed by atoms with E-state index in [4.69, 9.17) is 11.6 Å². The summed E-state index contributed by atoms with van der Waals surface area (Å²) in [6.07, 6.45) is 3.30. The number of nitrogens with zero attached hydrogens (tertiary/aromatic N) is 2. The third kappa shape index (κ3) is 3.61. The van der Waals surface area contributed by atoms with Gasteiger partial charge in [-0.1, -0.05) is 23.7 Å². The lowest BCUT2D eigenvalue weighted by Crippen LogP contribution is -2.42. The molecule has 3 rings (SSSR count). The molecule has 2 aromatic carbocycles. The van der Waals surface area contributed by atoms with Gasteiger partial charge in [-0.05, 0) is 36.4 Å². The minimum Gasteiger partial charge on any atom is -0.507 e. The summed E-state index contributed by atoms with van der Waals surface area (Å²) in [6, 6.07) is 12.6. The number of hydrazine groups is 1. The van der Waals surface area contributed by atoms with Gasteiger partial charge in [-0.15, -0.1) is 0 Å². The fraction of sp³-hybridized carbons (Fsp3) is 0. The average molecular weight is 357 g/mol. The number of halogens is 1. The SMILES string of the molecule is O=C(NNC(=O)c1ccccc1-n1cccn1)c1cc(Cl)ccc1O. The highest BCUT2D eigenvalue weighted by atomic mass is 35.5. The molecule has 0 aliphatic carbocycles. The Labute approximate surface area is 147 Å². The van der Waals surface area contributed by atoms with Gasteiger partial charge in [0.25, 0.3) is 11.8 Å². The summed E-state index contributed by atoms with van der Waals surface area (Å²) in [5, 5.41) is 14.1. The van der Waals surface area contributed by atoms with Crippen LogP contribution in [-0.4, -0.2) is 26.7 Å². The van der Waals surface area contributed by atoms with E-state index in [1.807, 2.05) is 0 Å². The molecule has 2 amide bonds. The molecule has 0 unspecified atom stereocenters. The molecule has 3 N–H and O–H groups in total. The van der Waals surface area contributed by atoms with Crippen LogP contribution in [0.3, 0.4) is 0 Å². The van der Waals surface area contributed by atoms with Crippen LogP contribution in [0, 0.1) is 0 Å². The molecule has 0 aliphatic rings. The van der Waals surface area contributed by atoms with E-state index in [-0.39, 0.29) is 11.3 Å². The molecule has 0 bridgehead atoms. The Kier molecular flexibility index (Phi) is 4.67. The Balaban J connectivity index is 1.76. The number of hydrogen-bond acceptors (Lipinski definition) is 4. The molecule has 0 radical (unpaired) electrons. The van der Waals surface area contributed by atoms with Crippen molar-refractivity contribution in [3.8, 4) is 11.4 Å². The van der Waals surface area contributed by atoms with Gasteiger partial charge in [0.05, 0.1) is 16.8 Å². The van der Waals surface area contributed by atoms with Crippen LogP contribution in [0.2, 0.25) is 5.02 Å². The van der Waals surface area contributed by atoms with Crippen LogP contribution >= 0.6 is 11.6 Å². The highest BCUT2D eigenvalue weighted by molar-refractivity contribution is 6.31. The zero-order valence-electron chi connectivity index (χ0n) is 12.8. The van der Waals surface area contributed by atoms with Crippen molar-refractivity contribution in [2.45, 2.75) is 0 Å². The lowest BCUT2D eigenvalue weighted by Gasteiger charge is -2.11. The van der Waals surface area contributed by atoms with Gasteiger partial charge in [0, 0.05) is 17.4 Å². The minimum atomic E-state index is -0.690. The number of rotatable bonds is 3. The van der Waals surface area contributed by atoms with Crippen LogP contribution in [0.1, 0.15) is 20.7 Å². The quantitative estimate of drug-likeness (QED) is 0.627. The summed E-state index contributed by atoms with van der Waals surface area (Å²) in [4.78, 5) is 24.5. The number of amides is 2. The van der Waals surface area contributed by atoms with E-state index in [1.54, 1.807) is 47.4 Å². The molecule has 1 aromatic heterocycles. The fourth-order valence-electron chi connectivity index (χ4n) is 2.22. The van der Waals surface area contributed by atoms with Crippen LogP contribution in [0.5, 0.6) is 5.75 Å². The van der Waals surface area contributed by atoms with Gasteiger partial charge in [-0.25, -0.2) is 4.68 Å². The van der Waals surface area contributed by atoms with E-state index in [1.165, 1.54) is 18.2 Å². The van der Waals surface area contributed by atoms with E-state index in [2.05, 4.69) is 16.0 Å². The topological polar surface area (TPSA) is 96.3 Å². The van der Waals surface area contributed by atoms with Gasteiger partial charge in [-0.3, -0.25) is 20.4 Å². The van der Waals surface area contributed by atoms with Gasteiger partial charge in [0.1, 0.15) is 5.75 Å². The van der Waals surface area contributed by atoms with Gasteiger partial charge >= 0.3 is 0 Å². The smallest absolute Gasteiger partial charge is 0.273 e. The van der Waals surface area contributed by atoms with E-state index < -0.39 is 11.8 Å². The summed E-state index contributed by atoms with van der Waals surface area (Å²) in [7, 11) is 0. The summed E-state index contributed by atoms with van der Waals surface area (Å²) < 4.78 is 1.54. The third-order valence-corrected chi connectivity index (χ3v) is 3.63. The molecule has 0 fully saturated rings. The molecule has 126 valence electrons. The van der Waals surface area contributed by atoms with Crippen molar-refractivity contribution < 1.29 is 14.7 Å². The van der Waals surface area contributed by atoms with Crippen LogP contribution in [0.25, 0.3) is 5.69 Å². The van der Waals surface area contributed by atoms with E-state index in [0.717, 1.165) is 0 Å². The molecule has 0 aliphatic heterocycles. The molecule has 25 heavy (non-hydrogen) atoms. The molecule has 1 heterocycles. The van der Waals surface area contributed by atoms with Crippen LogP contribution in [0.15, 0.2) is 60.9 Å². The molecule has 0 atom stereocenters. The standard InChI is InChI=1S/C17H13ClN4O3/c18-11-6-7-15(23)13(10-11)17(25)21-20-16(24)12-4-1-2-5-14(12)22-9-3-8-19-22/h1-10,23H,(H,20,24)(H,21,25). The predicted molar refractivity (Wildman–Crippen MR) is 91.6 cm³/mol. The lowest BCUT2D eigenvalue weighted by molar-refractivity contribution is 0.0845. The Hall–Kier alpha value is -3.32. The Morgan fingerprint density at radius 1 is 1.00 bits per heavy atom. The second-order valence-electron chi connectivity index (χ2n) is 5.04. The number of phenolic OH excluding ortho intramolecular Hbond substituents is 1. The largest absolute Gasteiger partial charge is 0.507 e. The van der Waals surface area contributed by atoms with Crippen molar-refractivity contribution in [2.75, 3.05) is 0 Å². The maximum atomic E-state index is 12.4. The first kappa shape index (κ1) is 16.5. The Morgan fingerprint density at radius 2 is 1.72 bits per heavy atom. The van der Waals surface area contributed by atoms with Crippen LogP contribution in [-0.2, 0) is 0 Å². The molecule has 0 saturated carbocycles. The van der Waals surface area contributed by atoms with Gasteiger partial charge in [0.15, 0.2) is 0 Å². The van der Waals surface area contributed by atoms with Crippen molar-refractivity contribution in [1.29, 1.82) is 0 Å². The maximum Gasteiger partial charge on any atom is 0.273 e. The number of carbonyl (C=O) groups is 2. The molecule has 8 heteroatoms. The number of benzene rings is 2. The van der Waals surface area contributed by atoms with Crippen LogP contribution in [0.4, 0.5) is 0 Å². The van der Waals surface area contributed by atoms with Crippen molar-refractivity contribution >= 4 is 23.4 Å². The fourth-order valence-corrected chi connectivity index (χ4v) is 2.39. The normalized spacial score (nSPS) is 10.3. The molecule has 7 nitrogen and oxygen atoms in total. The molecular formula is C17H13ClN4O3. The van der Waals surface area contributed by atoms with Crippen molar-refractivity contribution in [3.05, 3.63) is 77.1 Å². The molecule has 0 saturated heterocycles. The van der Waals surface area contributed by atoms with Crippen LogP contribution < -0.4 is 10.9 Å². The molecular weight excluding hydrogens is 344 g/mol. The summed E-state index contributed by atoms with van der Waals surface area (Å²) in [5.74, 6) is -1.46. The number of phenols is 1. The zero-order valence-corrected chi connectivity index (χ0v) is 13.6. The summed E-state index contributed by atoms with van der Waals surface area (Å²) in [6.45, 7) is 0. The number of hydrogen-bond donors (Lipinski definition) is 3. The van der Waals surface area contributed by atoms with E-state index in [9.17, 15) is 14.7 Å². The number of aromatic nitrogens is 2. The average Bonchev–Trinajstić information content (AvgIpc) is 3.16.